The fourth-order valence-corrected chi connectivity index (χ4v) is 10.6. The van der Waals surface area contributed by atoms with E-state index < -0.39 is 8.07 Å². The SMILES string of the molecule is CC1=CC(C)C([Si](c2ccccc2)(c2ccccc2)c2cccc(C)c2)=C1C. The normalized spacial score (nSPS) is 17.0. The molecule has 0 fully saturated rings. The van der Waals surface area contributed by atoms with E-state index in [-0.39, 0.29) is 0 Å². The summed E-state index contributed by atoms with van der Waals surface area (Å²) in [6.45, 7) is 9.18. The maximum Gasteiger partial charge on any atom is 0.176 e. The number of benzene rings is 3. The predicted molar refractivity (Wildman–Crippen MR) is 124 cm³/mol. The molecule has 4 rings (SSSR count). The minimum Gasteiger partial charge on any atom is -0.0748 e. The third-order valence-electron chi connectivity index (χ3n) is 6.22. The molecule has 0 saturated carbocycles. The second kappa shape index (κ2) is 7.41. The Kier molecular flexibility index (Phi) is 4.95. The van der Waals surface area contributed by atoms with E-state index in [0.29, 0.717) is 5.92 Å². The lowest BCUT2D eigenvalue weighted by molar-refractivity contribution is 0.922. The highest BCUT2D eigenvalue weighted by Crippen LogP contribution is 2.36. The van der Waals surface area contributed by atoms with Crippen molar-refractivity contribution in [3.63, 3.8) is 0 Å². The van der Waals surface area contributed by atoms with Gasteiger partial charge in [-0.3, -0.25) is 0 Å². The molecule has 0 spiro atoms. The summed E-state index contributed by atoms with van der Waals surface area (Å²) in [7, 11) is -2.36. The standard InChI is InChI=1S/C27H28Si/c1-20-12-11-17-26(18-20)28(24-13-7-5-8-14-24,25-15-9-6-10-16-25)27-22(3)19-21(2)23(27)4/h5-19,22H,1-4H3. The van der Waals surface area contributed by atoms with Crippen molar-refractivity contribution in [1.82, 2.24) is 0 Å². The van der Waals surface area contributed by atoms with Gasteiger partial charge in [0, 0.05) is 0 Å². The first-order valence-electron chi connectivity index (χ1n) is 10.1. The molecule has 0 amide bonds. The molecule has 1 aliphatic carbocycles. The molecule has 28 heavy (non-hydrogen) atoms. The van der Waals surface area contributed by atoms with Crippen LogP contribution in [0.5, 0.6) is 0 Å². The van der Waals surface area contributed by atoms with Crippen LogP contribution in [0.3, 0.4) is 0 Å². The zero-order valence-electron chi connectivity index (χ0n) is 17.2. The molecule has 1 heteroatoms. The Balaban J connectivity index is 2.17. The Morgan fingerprint density at radius 3 is 1.64 bits per heavy atom. The van der Waals surface area contributed by atoms with Gasteiger partial charge >= 0.3 is 0 Å². The van der Waals surface area contributed by atoms with Crippen LogP contribution in [0.15, 0.2) is 107 Å². The van der Waals surface area contributed by atoms with Crippen molar-refractivity contribution >= 4 is 23.6 Å². The van der Waals surface area contributed by atoms with Crippen molar-refractivity contribution in [2.45, 2.75) is 27.7 Å². The minimum absolute atomic E-state index is 0.451. The van der Waals surface area contributed by atoms with Crippen LogP contribution in [-0.4, -0.2) is 8.07 Å². The Hall–Kier alpha value is -2.64. The molecule has 0 heterocycles. The molecule has 0 aromatic heterocycles. The molecule has 0 nitrogen and oxygen atoms in total. The Morgan fingerprint density at radius 1 is 0.643 bits per heavy atom. The van der Waals surface area contributed by atoms with E-state index in [0.717, 1.165) is 0 Å². The molecule has 1 atom stereocenters. The van der Waals surface area contributed by atoms with Gasteiger partial charge in [-0.15, -0.1) is 0 Å². The van der Waals surface area contributed by atoms with Gasteiger partial charge in [0.15, 0.2) is 8.07 Å². The Labute approximate surface area is 170 Å². The third kappa shape index (κ3) is 2.91. The summed E-state index contributed by atoms with van der Waals surface area (Å²) in [5.74, 6) is 0.451. The highest BCUT2D eigenvalue weighted by atomic mass is 28.3. The smallest absolute Gasteiger partial charge is 0.0748 e. The first-order chi connectivity index (χ1) is 13.5. The van der Waals surface area contributed by atoms with E-state index in [1.807, 2.05) is 0 Å². The van der Waals surface area contributed by atoms with Crippen LogP contribution < -0.4 is 15.6 Å². The monoisotopic (exact) mass is 380 g/mol. The summed E-state index contributed by atoms with van der Waals surface area (Å²) in [5.41, 5.74) is 4.24. The molecule has 0 saturated heterocycles. The van der Waals surface area contributed by atoms with Crippen molar-refractivity contribution in [3.8, 4) is 0 Å². The largest absolute Gasteiger partial charge is 0.176 e. The molecular formula is C27H28Si. The van der Waals surface area contributed by atoms with Gasteiger partial charge in [-0.2, -0.15) is 0 Å². The van der Waals surface area contributed by atoms with Crippen molar-refractivity contribution < 1.29 is 0 Å². The third-order valence-corrected chi connectivity index (χ3v) is 11.4. The van der Waals surface area contributed by atoms with Crippen molar-refractivity contribution in [1.29, 1.82) is 0 Å². The van der Waals surface area contributed by atoms with Crippen molar-refractivity contribution in [3.05, 3.63) is 113 Å². The van der Waals surface area contributed by atoms with Gasteiger partial charge in [0.2, 0.25) is 0 Å². The van der Waals surface area contributed by atoms with E-state index in [4.69, 9.17) is 0 Å². The Bertz CT molecular complexity index is 1000. The summed E-state index contributed by atoms with van der Waals surface area (Å²) < 4.78 is 0. The summed E-state index contributed by atoms with van der Waals surface area (Å²) in [4.78, 5) is 0. The molecular weight excluding hydrogens is 352 g/mol. The summed E-state index contributed by atoms with van der Waals surface area (Å²) in [5, 5.41) is 6.05. The molecule has 0 N–H and O–H groups in total. The van der Waals surface area contributed by atoms with Gasteiger partial charge in [-0.1, -0.05) is 120 Å². The van der Waals surface area contributed by atoms with E-state index in [2.05, 4.69) is 119 Å². The molecule has 3 aromatic carbocycles. The number of rotatable bonds is 4. The molecule has 3 aromatic rings. The fraction of sp³-hybridized carbons (Fsp3) is 0.185. The van der Waals surface area contributed by atoms with Gasteiger partial charge in [-0.05, 0) is 42.2 Å². The molecule has 0 radical (unpaired) electrons. The van der Waals surface area contributed by atoms with Gasteiger partial charge in [0.1, 0.15) is 0 Å². The zero-order chi connectivity index (χ0) is 19.7. The van der Waals surface area contributed by atoms with E-state index in [9.17, 15) is 0 Å². The van der Waals surface area contributed by atoms with Gasteiger partial charge < -0.3 is 0 Å². The summed E-state index contributed by atoms with van der Waals surface area (Å²) in [6, 6.07) is 31.7. The number of allylic oxidation sites excluding steroid dienone is 4. The van der Waals surface area contributed by atoms with Crippen LogP contribution in [0.4, 0.5) is 0 Å². The second-order valence-electron chi connectivity index (χ2n) is 8.03. The maximum atomic E-state index is 2.45. The van der Waals surface area contributed by atoms with Crippen molar-refractivity contribution in [2.75, 3.05) is 0 Å². The number of aryl methyl sites for hydroxylation is 1. The first kappa shape index (κ1) is 18.7. The van der Waals surface area contributed by atoms with Gasteiger partial charge in [0.25, 0.3) is 0 Å². The average molecular weight is 381 g/mol. The predicted octanol–water partition coefficient (Wildman–Crippen LogP) is 4.92. The lowest BCUT2D eigenvalue weighted by Gasteiger charge is -2.38. The molecule has 1 unspecified atom stereocenters. The molecule has 1 aliphatic rings. The lowest BCUT2D eigenvalue weighted by atomic mass is 10.2. The second-order valence-corrected chi connectivity index (χ2v) is 11.8. The fourth-order valence-electron chi connectivity index (χ4n) is 4.98. The van der Waals surface area contributed by atoms with Crippen LogP contribution in [0.2, 0.25) is 0 Å². The zero-order valence-corrected chi connectivity index (χ0v) is 18.2. The maximum absolute atomic E-state index is 2.45. The van der Waals surface area contributed by atoms with E-state index >= 15 is 0 Å². The average Bonchev–Trinajstić information content (AvgIpc) is 2.97. The highest BCUT2D eigenvalue weighted by Gasteiger charge is 2.46. The van der Waals surface area contributed by atoms with Crippen LogP contribution in [0.1, 0.15) is 26.3 Å². The highest BCUT2D eigenvalue weighted by molar-refractivity contribution is 7.16. The molecule has 0 bridgehead atoms. The minimum atomic E-state index is -2.36. The molecule has 140 valence electrons. The van der Waals surface area contributed by atoms with Crippen LogP contribution in [0.25, 0.3) is 0 Å². The Morgan fingerprint density at radius 2 is 1.18 bits per heavy atom. The van der Waals surface area contributed by atoms with E-state index in [1.165, 1.54) is 32.3 Å². The lowest BCUT2D eigenvalue weighted by Crippen LogP contribution is -2.69. The summed E-state index contributed by atoms with van der Waals surface area (Å²) in [6.07, 6.45) is 2.45. The first-order valence-corrected chi connectivity index (χ1v) is 12.1. The van der Waals surface area contributed by atoms with Crippen LogP contribution in [0, 0.1) is 12.8 Å². The topological polar surface area (TPSA) is 0 Å². The van der Waals surface area contributed by atoms with Crippen LogP contribution >= 0.6 is 0 Å². The van der Waals surface area contributed by atoms with E-state index in [1.54, 1.807) is 5.20 Å². The number of hydrogen-bond acceptors (Lipinski definition) is 0. The van der Waals surface area contributed by atoms with Gasteiger partial charge in [0.05, 0.1) is 0 Å². The van der Waals surface area contributed by atoms with Crippen LogP contribution in [-0.2, 0) is 0 Å². The number of hydrogen-bond donors (Lipinski definition) is 0. The quantitative estimate of drug-likeness (QED) is 0.445. The molecule has 0 aliphatic heterocycles. The van der Waals surface area contributed by atoms with Crippen molar-refractivity contribution in [2.24, 2.45) is 5.92 Å². The van der Waals surface area contributed by atoms with Gasteiger partial charge in [-0.25, -0.2) is 0 Å². The summed E-state index contributed by atoms with van der Waals surface area (Å²) >= 11 is 0.